The molecule has 0 amide bonds. The Labute approximate surface area is 124 Å². The number of alkyl halides is 1. The molecule has 0 bridgehead atoms. The fourth-order valence-electron chi connectivity index (χ4n) is 2.68. The van der Waals surface area contributed by atoms with Gasteiger partial charge in [0, 0.05) is 36.6 Å². The lowest BCUT2D eigenvalue weighted by atomic mass is 10.1. The van der Waals surface area contributed by atoms with Gasteiger partial charge in [-0.25, -0.2) is 9.38 Å². The highest BCUT2D eigenvalue weighted by atomic mass is 19.1. The smallest absolute Gasteiger partial charge is 0.140 e. The van der Waals surface area contributed by atoms with E-state index < -0.39 is 6.17 Å². The summed E-state index contributed by atoms with van der Waals surface area (Å²) in [5, 5.41) is 3.27. The number of halogens is 1. The Hall–Kier alpha value is -2.17. The molecule has 3 heterocycles. The first kappa shape index (κ1) is 13.8. The van der Waals surface area contributed by atoms with Crippen LogP contribution in [0.25, 0.3) is 5.57 Å². The average molecular weight is 286 g/mol. The maximum Gasteiger partial charge on any atom is 0.140 e. The number of nitrogens with one attached hydrogen (secondary N) is 1. The zero-order valence-electron chi connectivity index (χ0n) is 12.1. The van der Waals surface area contributed by atoms with Gasteiger partial charge in [-0.05, 0) is 31.9 Å². The summed E-state index contributed by atoms with van der Waals surface area (Å²) < 4.78 is 13.3. The topological polar surface area (TPSA) is 40.5 Å². The lowest BCUT2D eigenvalue weighted by Crippen LogP contribution is -2.33. The van der Waals surface area contributed by atoms with Gasteiger partial charge in [0.05, 0.1) is 5.69 Å². The zero-order valence-corrected chi connectivity index (χ0v) is 12.1. The molecule has 110 valence electrons. The summed E-state index contributed by atoms with van der Waals surface area (Å²) in [6, 6.07) is 1.91. The zero-order chi connectivity index (χ0) is 14.8. The third-order valence-electron chi connectivity index (χ3n) is 3.92. The molecule has 1 saturated heterocycles. The van der Waals surface area contributed by atoms with E-state index in [2.05, 4.69) is 26.8 Å². The van der Waals surface area contributed by atoms with Crippen LogP contribution in [0.1, 0.15) is 25.3 Å². The molecular weight excluding hydrogens is 267 g/mol. The van der Waals surface area contributed by atoms with Gasteiger partial charge in [-0.1, -0.05) is 6.58 Å². The molecule has 5 heteroatoms. The van der Waals surface area contributed by atoms with Crippen LogP contribution in [-0.4, -0.2) is 35.0 Å². The third kappa shape index (κ3) is 2.68. The lowest BCUT2D eigenvalue weighted by Gasteiger charge is -2.30. The van der Waals surface area contributed by atoms with Crippen LogP contribution in [0.3, 0.4) is 0 Å². The van der Waals surface area contributed by atoms with Crippen LogP contribution in [0.5, 0.6) is 0 Å². The molecule has 0 spiro atoms. The van der Waals surface area contributed by atoms with Crippen molar-refractivity contribution < 1.29 is 4.39 Å². The molecule has 0 atom stereocenters. The number of aromatic nitrogens is 1. The van der Waals surface area contributed by atoms with Crippen molar-refractivity contribution in [3.05, 3.63) is 42.5 Å². The minimum Gasteiger partial charge on any atom is -0.357 e. The molecule has 3 rings (SSSR count). The van der Waals surface area contributed by atoms with E-state index in [0.29, 0.717) is 25.9 Å². The van der Waals surface area contributed by atoms with Crippen LogP contribution in [0.15, 0.2) is 41.9 Å². The van der Waals surface area contributed by atoms with Crippen LogP contribution in [0.2, 0.25) is 0 Å². The Bertz CT molecular complexity index is 612. The number of nitrogens with zero attached hydrogens (tertiary/aromatic N) is 3. The molecule has 0 aromatic carbocycles. The number of hydrogen-bond donors (Lipinski definition) is 1. The van der Waals surface area contributed by atoms with Gasteiger partial charge in [0.25, 0.3) is 0 Å². The summed E-state index contributed by atoms with van der Waals surface area (Å²) >= 11 is 0. The second kappa shape index (κ2) is 5.68. The SMILES string of the molecule is C=C1/C(=N\C(=C/C)N2CCC(F)CC2)Nc2ccncc21. The highest BCUT2D eigenvalue weighted by Crippen LogP contribution is 2.31. The van der Waals surface area contributed by atoms with Crippen LogP contribution in [0.4, 0.5) is 10.1 Å². The molecular formula is C16H19FN4. The number of piperidine rings is 1. The first-order valence-corrected chi connectivity index (χ1v) is 7.23. The molecule has 1 fully saturated rings. The van der Waals surface area contributed by atoms with Crippen molar-refractivity contribution in [1.82, 2.24) is 9.88 Å². The maximum absolute atomic E-state index is 13.3. The van der Waals surface area contributed by atoms with E-state index in [9.17, 15) is 4.39 Å². The van der Waals surface area contributed by atoms with Gasteiger partial charge < -0.3 is 10.2 Å². The molecule has 0 saturated carbocycles. The van der Waals surface area contributed by atoms with Gasteiger partial charge in [-0.3, -0.25) is 4.98 Å². The van der Waals surface area contributed by atoms with E-state index in [1.807, 2.05) is 19.1 Å². The van der Waals surface area contributed by atoms with Crippen LogP contribution >= 0.6 is 0 Å². The first-order chi connectivity index (χ1) is 10.2. The number of aliphatic imine (C=N–C) groups is 1. The van der Waals surface area contributed by atoms with Crippen molar-refractivity contribution in [1.29, 1.82) is 0 Å². The Morgan fingerprint density at radius 3 is 2.95 bits per heavy atom. The Balaban J connectivity index is 1.80. The largest absolute Gasteiger partial charge is 0.357 e. The second-order valence-electron chi connectivity index (χ2n) is 5.29. The van der Waals surface area contributed by atoms with E-state index in [0.717, 1.165) is 28.5 Å². The van der Waals surface area contributed by atoms with Gasteiger partial charge in [-0.2, -0.15) is 0 Å². The number of amidine groups is 1. The monoisotopic (exact) mass is 286 g/mol. The predicted octanol–water partition coefficient (Wildman–Crippen LogP) is 3.21. The Kier molecular flexibility index (Phi) is 3.73. The lowest BCUT2D eigenvalue weighted by molar-refractivity contribution is 0.178. The summed E-state index contributed by atoms with van der Waals surface area (Å²) in [7, 11) is 0. The number of allylic oxidation sites excluding steroid dienone is 1. The van der Waals surface area contributed by atoms with Crippen molar-refractivity contribution >= 4 is 17.1 Å². The Morgan fingerprint density at radius 2 is 2.29 bits per heavy atom. The van der Waals surface area contributed by atoms with E-state index in [-0.39, 0.29) is 0 Å². The fourth-order valence-corrected chi connectivity index (χ4v) is 2.68. The van der Waals surface area contributed by atoms with Crippen molar-refractivity contribution in [2.45, 2.75) is 25.9 Å². The van der Waals surface area contributed by atoms with Crippen molar-refractivity contribution in [3.63, 3.8) is 0 Å². The predicted molar refractivity (Wildman–Crippen MR) is 83.8 cm³/mol. The number of fused-ring (bicyclic) bond motifs is 1. The number of likely N-dealkylation sites (tertiary alicyclic amines) is 1. The molecule has 0 radical (unpaired) electrons. The third-order valence-corrected chi connectivity index (χ3v) is 3.92. The summed E-state index contributed by atoms with van der Waals surface area (Å²) in [6.45, 7) is 7.45. The molecule has 1 aromatic heterocycles. The quantitative estimate of drug-likeness (QED) is 0.907. The molecule has 0 aliphatic carbocycles. The highest BCUT2D eigenvalue weighted by Gasteiger charge is 2.23. The molecule has 2 aliphatic rings. The number of anilines is 1. The normalized spacial score (nSPS) is 21.6. The summed E-state index contributed by atoms with van der Waals surface area (Å²) in [5.74, 6) is 1.61. The number of hydrogen-bond acceptors (Lipinski definition) is 3. The van der Waals surface area contributed by atoms with E-state index in [1.165, 1.54) is 0 Å². The van der Waals surface area contributed by atoms with Crippen LogP contribution < -0.4 is 5.32 Å². The van der Waals surface area contributed by atoms with Gasteiger partial charge in [0.2, 0.25) is 0 Å². The molecule has 21 heavy (non-hydrogen) atoms. The fraction of sp³-hybridized carbons (Fsp3) is 0.375. The summed E-state index contributed by atoms with van der Waals surface area (Å²) in [6.07, 6.45) is 5.95. The maximum atomic E-state index is 13.3. The highest BCUT2D eigenvalue weighted by molar-refractivity contribution is 6.33. The average Bonchev–Trinajstić information content (AvgIpc) is 2.83. The Morgan fingerprint density at radius 1 is 1.52 bits per heavy atom. The van der Waals surface area contributed by atoms with Gasteiger partial charge >= 0.3 is 0 Å². The molecule has 4 nitrogen and oxygen atoms in total. The first-order valence-electron chi connectivity index (χ1n) is 7.23. The van der Waals surface area contributed by atoms with E-state index in [1.54, 1.807) is 12.4 Å². The minimum absolute atomic E-state index is 0.570. The summed E-state index contributed by atoms with van der Waals surface area (Å²) in [5.41, 5.74) is 2.80. The number of rotatable bonds is 2. The second-order valence-corrected chi connectivity index (χ2v) is 5.29. The minimum atomic E-state index is -0.679. The van der Waals surface area contributed by atoms with Crippen molar-refractivity contribution in [3.8, 4) is 0 Å². The van der Waals surface area contributed by atoms with E-state index >= 15 is 0 Å². The van der Waals surface area contributed by atoms with Gasteiger partial charge in [0.1, 0.15) is 17.8 Å². The van der Waals surface area contributed by atoms with Crippen LogP contribution in [-0.2, 0) is 0 Å². The molecule has 0 unspecified atom stereocenters. The molecule has 2 aliphatic heterocycles. The van der Waals surface area contributed by atoms with Gasteiger partial charge in [-0.15, -0.1) is 0 Å². The summed E-state index contributed by atoms with van der Waals surface area (Å²) in [4.78, 5) is 10.9. The van der Waals surface area contributed by atoms with Gasteiger partial charge in [0.15, 0.2) is 0 Å². The van der Waals surface area contributed by atoms with Crippen molar-refractivity contribution in [2.75, 3.05) is 18.4 Å². The number of pyridine rings is 1. The van der Waals surface area contributed by atoms with E-state index in [4.69, 9.17) is 0 Å². The van der Waals surface area contributed by atoms with Crippen molar-refractivity contribution in [2.24, 2.45) is 4.99 Å². The van der Waals surface area contributed by atoms with Crippen LogP contribution in [0, 0.1) is 0 Å². The molecule has 1 aromatic rings. The molecule has 1 N–H and O–H groups in total. The standard InChI is InChI=1S/C16H19FN4/c1-3-15(21-8-5-12(17)6-9-21)20-16-11(2)13-10-18-7-4-14(13)19-16/h3-4,7,10,12H,2,5-6,8-9H2,1H3,(H,19,20)/b15-3+.